The molecule has 1 aliphatic rings. The van der Waals surface area contributed by atoms with E-state index in [-0.39, 0.29) is 17.9 Å². The van der Waals surface area contributed by atoms with Crippen LogP contribution in [0.5, 0.6) is 0 Å². The average molecular weight is 139 g/mol. The fourth-order valence-electron chi connectivity index (χ4n) is 1.73. The van der Waals surface area contributed by atoms with Gasteiger partial charge in [0.25, 0.3) is 0 Å². The maximum absolute atomic E-state index is 9.20. The van der Waals surface area contributed by atoms with E-state index in [1.54, 1.807) is 6.92 Å². The maximum atomic E-state index is 9.20. The summed E-state index contributed by atoms with van der Waals surface area (Å²) in [6, 6.07) is 2.24. The van der Waals surface area contributed by atoms with E-state index in [0.717, 1.165) is 19.3 Å². The smallest absolute Gasteiger partial charge is 0.0659 e. The first-order valence-electron chi connectivity index (χ1n) is 3.83. The van der Waals surface area contributed by atoms with Gasteiger partial charge in [-0.05, 0) is 19.8 Å². The third kappa shape index (κ3) is 1.30. The molecule has 0 aliphatic heterocycles. The molecule has 2 heteroatoms. The number of nitriles is 1. The van der Waals surface area contributed by atoms with Crippen molar-refractivity contribution < 1.29 is 5.11 Å². The molecule has 0 aromatic rings. The summed E-state index contributed by atoms with van der Waals surface area (Å²) in [6.45, 7) is 1.78. The van der Waals surface area contributed by atoms with E-state index < -0.39 is 0 Å². The lowest BCUT2D eigenvalue weighted by Gasteiger charge is -2.15. The van der Waals surface area contributed by atoms with Gasteiger partial charge in [-0.25, -0.2) is 0 Å². The van der Waals surface area contributed by atoms with Crippen LogP contribution in [-0.2, 0) is 0 Å². The molecule has 3 atom stereocenters. The molecule has 1 aliphatic carbocycles. The third-order valence-corrected chi connectivity index (χ3v) is 2.35. The molecule has 1 fully saturated rings. The molecule has 1 saturated carbocycles. The first kappa shape index (κ1) is 7.56. The number of nitrogens with zero attached hydrogens (tertiary/aromatic N) is 1. The van der Waals surface area contributed by atoms with Gasteiger partial charge in [0, 0.05) is 5.92 Å². The van der Waals surface area contributed by atoms with Gasteiger partial charge in [0.2, 0.25) is 0 Å². The lowest BCUT2D eigenvalue weighted by Crippen LogP contribution is -2.19. The van der Waals surface area contributed by atoms with Crippen LogP contribution in [0.25, 0.3) is 0 Å². The van der Waals surface area contributed by atoms with Gasteiger partial charge >= 0.3 is 0 Å². The molecule has 3 unspecified atom stereocenters. The molecule has 0 aromatic heterocycles. The Morgan fingerprint density at radius 1 is 1.60 bits per heavy atom. The predicted octanol–water partition coefficient (Wildman–Crippen LogP) is 1.31. The number of hydrogen-bond donors (Lipinski definition) is 1. The van der Waals surface area contributed by atoms with Gasteiger partial charge in [-0.2, -0.15) is 5.26 Å². The minimum absolute atomic E-state index is 0.111. The fourth-order valence-corrected chi connectivity index (χ4v) is 1.73. The van der Waals surface area contributed by atoms with Gasteiger partial charge < -0.3 is 5.11 Å². The highest BCUT2D eigenvalue weighted by molar-refractivity contribution is 4.94. The number of hydrogen-bond acceptors (Lipinski definition) is 2. The molecule has 0 spiro atoms. The highest BCUT2D eigenvalue weighted by Gasteiger charge is 2.30. The topological polar surface area (TPSA) is 44.0 Å². The molecular weight excluding hydrogens is 126 g/mol. The number of aliphatic hydroxyl groups excluding tert-OH is 1. The van der Waals surface area contributed by atoms with Crippen LogP contribution in [-0.4, -0.2) is 11.2 Å². The molecule has 0 saturated heterocycles. The van der Waals surface area contributed by atoms with Crippen LogP contribution >= 0.6 is 0 Å². The van der Waals surface area contributed by atoms with Crippen molar-refractivity contribution in [2.24, 2.45) is 11.8 Å². The van der Waals surface area contributed by atoms with E-state index in [2.05, 4.69) is 6.07 Å². The second-order valence-electron chi connectivity index (χ2n) is 3.07. The lowest BCUT2D eigenvalue weighted by atomic mass is 9.93. The standard InChI is InChI=1S/C8H13NO/c1-6(10)8-4-2-3-7(8)5-9/h6-8,10H,2-4H2,1H3. The van der Waals surface area contributed by atoms with Gasteiger partial charge in [-0.3, -0.25) is 0 Å². The Bertz CT molecular complexity index is 148. The number of rotatable bonds is 1. The Kier molecular flexibility index (Phi) is 2.29. The van der Waals surface area contributed by atoms with Crippen LogP contribution in [0.3, 0.4) is 0 Å². The average Bonchev–Trinajstić information content (AvgIpc) is 2.33. The second kappa shape index (κ2) is 3.03. The van der Waals surface area contributed by atoms with Crippen LogP contribution in [0.1, 0.15) is 26.2 Å². The minimum Gasteiger partial charge on any atom is -0.393 e. The highest BCUT2D eigenvalue weighted by atomic mass is 16.3. The first-order chi connectivity index (χ1) is 4.75. The predicted molar refractivity (Wildman–Crippen MR) is 38.1 cm³/mol. The molecule has 0 radical (unpaired) electrons. The molecule has 10 heavy (non-hydrogen) atoms. The molecule has 56 valence electrons. The molecule has 0 amide bonds. The maximum Gasteiger partial charge on any atom is 0.0659 e. The van der Waals surface area contributed by atoms with E-state index >= 15 is 0 Å². The minimum atomic E-state index is -0.299. The Hall–Kier alpha value is -0.550. The van der Waals surface area contributed by atoms with Crippen molar-refractivity contribution in [2.45, 2.75) is 32.3 Å². The van der Waals surface area contributed by atoms with Crippen LogP contribution in [0.15, 0.2) is 0 Å². The van der Waals surface area contributed by atoms with Crippen molar-refractivity contribution in [1.82, 2.24) is 0 Å². The molecule has 1 N–H and O–H groups in total. The summed E-state index contributed by atoms with van der Waals surface area (Å²) in [7, 11) is 0. The Morgan fingerprint density at radius 3 is 2.70 bits per heavy atom. The molecule has 1 rings (SSSR count). The quantitative estimate of drug-likeness (QED) is 0.595. The van der Waals surface area contributed by atoms with Crippen molar-refractivity contribution in [3.8, 4) is 6.07 Å². The summed E-state index contributed by atoms with van der Waals surface area (Å²) < 4.78 is 0. The van der Waals surface area contributed by atoms with Crippen molar-refractivity contribution in [3.63, 3.8) is 0 Å². The molecule has 2 nitrogen and oxygen atoms in total. The summed E-state index contributed by atoms with van der Waals surface area (Å²) in [5.41, 5.74) is 0. The summed E-state index contributed by atoms with van der Waals surface area (Å²) in [6.07, 6.45) is 2.81. The Labute approximate surface area is 61.5 Å². The van der Waals surface area contributed by atoms with E-state index in [4.69, 9.17) is 5.26 Å². The first-order valence-corrected chi connectivity index (χ1v) is 3.83. The van der Waals surface area contributed by atoms with Crippen LogP contribution in [0, 0.1) is 23.2 Å². The van der Waals surface area contributed by atoms with Crippen molar-refractivity contribution in [1.29, 1.82) is 5.26 Å². The van der Waals surface area contributed by atoms with Gasteiger partial charge in [0.1, 0.15) is 0 Å². The molecule has 0 aromatic carbocycles. The fraction of sp³-hybridized carbons (Fsp3) is 0.875. The van der Waals surface area contributed by atoms with Gasteiger partial charge in [-0.15, -0.1) is 0 Å². The third-order valence-electron chi connectivity index (χ3n) is 2.35. The zero-order chi connectivity index (χ0) is 7.56. The van der Waals surface area contributed by atoms with Crippen molar-refractivity contribution in [3.05, 3.63) is 0 Å². The van der Waals surface area contributed by atoms with Crippen LogP contribution in [0.2, 0.25) is 0 Å². The summed E-state index contributed by atoms with van der Waals surface area (Å²) in [5, 5.41) is 17.8. The summed E-state index contributed by atoms with van der Waals surface area (Å²) in [4.78, 5) is 0. The van der Waals surface area contributed by atoms with Crippen LogP contribution < -0.4 is 0 Å². The van der Waals surface area contributed by atoms with Crippen molar-refractivity contribution in [2.75, 3.05) is 0 Å². The Morgan fingerprint density at radius 2 is 2.30 bits per heavy atom. The van der Waals surface area contributed by atoms with E-state index in [9.17, 15) is 5.11 Å². The zero-order valence-electron chi connectivity index (χ0n) is 6.25. The van der Waals surface area contributed by atoms with E-state index in [1.165, 1.54) is 0 Å². The van der Waals surface area contributed by atoms with E-state index in [0.29, 0.717) is 0 Å². The summed E-state index contributed by atoms with van der Waals surface area (Å²) >= 11 is 0. The van der Waals surface area contributed by atoms with Crippen LogP contribution in [0.4, 0.5) is 0 Å². The van der Waals surface area contributed by atoms with Gasteiger partial charge in [0.15, 0.2) is 0 Å². The molecular formula is C8H13NO. The Balaban J connectivity index is 2.52. The normalized spacial score (nSPS) is 35.3. The van der Waals surface area contributed by atoms with Crippen molar-refractivity contribution >= 4 is 0 Å². The van der Waals surface area contributed by atoms with Gasteiger partial charge in [-0.1, -0.05) is 6.42 Å². The van der Waals surface area contributed by atoms with E-state index in [1.807, 2.05) is 0 Å². The SMILES string of the molecule is CC(O)C1CCCC1C#N. The monoisotopic (exact) mass is 139 g/mol. The molecule has 0 bridgehead atoms. The lowest BCUT2D eigenvalue weighted by molar-refractivity contribution is 0.115. The number of aliphatic hydroxyl groups is 1. The summed E-state index contributed by atoms with van der Waals surface area (Å²) in [5.74, 6) is 0.352. The zero-order valence-corrected chi connectivity index (χ0v) is 6.25. The highest BCUT2D eigenvalue weighted by Crippen LogP contribution is 2.33. The molecule has 0 heterocycles. The van der Waals surface area contributed by atoms with Gasteiger partial charge in [0.05, 0.1) is 18.1 Å². The second-order valence-corrected chi connectivity index (χ2v) is 3.07. The largest absolute Gasteiger partial charge is 0.393 e.